The molecule has 0 spiro atoms. The van der Waals surface area contributed by atoms with Gasteiger partial charge in [0.2, 0.25) is 0 Å². The van der Waals surface area contributed by atoms with Crippen LogP contribution in [0.4, 0.5) is 75.4 Å². The van der Waals surface area contributed by atoms with Crippen molar-refractivity contribution in [3.8, 4) is 6.07 Å². The summed E-state index contributed by atoms with van der Waals surface area (Å²) in [7, 11) is 0. The van der Waals surface area contributed by atoms with Crippen molar-refractivity contribution in [2.45, 2.75) is 55.3 Å². The predicted molar refractivity (Wildman–Crippen MR) is 127 cm³/mol. The second kappa shape index (κ2) is 11.3. The number of aryl methyl sites for hydroxylation is 1. The van der Waals surface area contributed by atoms with Gasteiger partial charge < -0.3 is 22.1 Å². The maximum absolute atomic E-state index is 14.2. The van der Waals surface area contributed by atoms with E-state index in [1.807, 2.05) is 5.32 Å². The first-order chi connectivity index (χ1) is 18.6. The van der Waals surface area contributed by atoms with Crippen molar-refractivity contribution >= 4 is 22.7 Å². The van der Waals surface area contributed by atoms with Crippen molar-refractivity contribution in [1.82, 2.24) is 0 Å². The molecule has 2 aromatic rings. The fourth-order valence-electron chi connectivity index (χ4n) is 3.53. The molecule has 5 nitrogen and oxygen atoms in total. The van der Waals surface area contributed by atoms with Crippen molar-refractivity contribution < 1.29 is 52.7 Å². The first-order valence-corrected chi connectivity index (χ1v) is 11.5. The third-order valence-corrected chi connectivity index (χ3v) is 6.05. The monoisotopic (exact) mass is 609 g/mol. The molecular weight excluding hydrogens is 586 g/mol. The number of alkyl halides is 12. The Bertz CT molecular complexity index is 1270. The number of anilines is 4. The molecule has 17 heteroatoms. The predicted octanol–water partition coefficient (Wildman–Crippen LogP) is 7.15. The molecule has 0 aliphatic heterocycles. The largest absolute Gasteiger partial charge is 0.399 e. The minimum atomic E-state index is -7.64. The summed E-state index contributed by atoms with van der Waals surface area (Å²) in [5.41, 5.74) is 11.0. The third kappa shape index (κ3) is 6.15. The second-order valence-corrected chi connectivity index (χ2v) is 9.05. The van der Waals surface area contributed by atoms with Crippen molar-refractivity contribution in [3.63, 3.8) is 0 Å². The molecule has 0 heterocycles. The number of nitrogen functional groups attached to an aromatic ring is 2. The Labute approximate surface area is 225 Å². The van der Waals surface area contributed by atoms with Crippen LogP contribution in [0, 0.1) is 18.3 Å². The van der Waals surface area contributed by atoms with E-state index < -0.39 is 61.5 Å². The van der Waals surface area contributed by atoms with E-state index in [1.165, 1.54) is 25.1 Å². The minimum absolute atomic E-state index is 0.0572. The van der Waals surface area contributed by atoms with E-state index in [-0.39, 0.29) is 28.3 Å². The first kappa shape index (κ1) is 33.5. The molecule has 0 aliphatic carbocycles. The first-order valence-electron chi connectivity index (χ1n) is 11.5. The summed E-state index contributed by atoms with van der Waals surface area (Å²) in [5, 5.41) is 13.0. The van der Waals surface area contributed by atoms with Crippen molar-refractivity contribution in [3.05, 3.63) is 47.5 Å². The molecule has 0 saturated heterocycles. The second-order valence-electron chi connectivity index (χ2n) is 9.05. The number of nitrogens with one attached hydrogen (secondary N) is 2. The van der Waals surface area contributed by atoms with E-state index in [4.69, 9.17) is 16.7 Å². The summed E-state index contributed by atoms with van der Waals surface area (Å²) in [6.45, 7) is -1.15. The van der Waals surface area contributed by atoms with Crippen LogP contribution in [0.1, 0.15) is 24.0 Å². The van der Waals surface area contributed by atoms with Crippen LogP contribution in [0.5, 0.6) is 0 Å². The van der Waals surface area contributed by atoms with Crippen LogP contribution in [0.2, 0.25) is 0 Å². The molecule has 0 amide bonds. The van der Waals surface area contributed by atoms with E-state index in [0.29, 0.717) is 5.56 Å². The molecule has 41 heavy (non-hydrogen) atoms. The lowest BCUT2D eigenvalue weighted by Crippen LogP contribution is -2.70. The van der Waals surface area contributed by atoms with E-state index >= 15 is 0 Å². The number of hydrogen-bond donors (Lipinski definition) is 4. The summed E-state index contributed by atoms with van der Waals surface area (Å²) >= 11 is 0. The molecule has 0 bridgehead atoms. The van der Waals surface area contributed by atoms with E-state index in [9.17, 15) is 52.7 Å². The molecule has 0 aromatic heterocycles. The molecule has 2 rings (SSSR count). The van der Waals surface area contributed by atoms with Crippen molar-refractivity contribution in [1.29, 1.82) is 5.26 Å². The molecule has 2 aromatic carbocycles. The number of nitrogens with zero attached hydrogens (tertiary/aromatic N) is 1. The Morgan fingerprint density at radius 1 is 0.683 bits per heavy atom. The van der Waals surface area contributed by atoms with Gasteiger partial charge in [0.05, 0.1) is 23.0 Å². The Hall–Kier alpha value is -3.71. The lowest BCUT2D eigenvalue weighted by Gasteiger charge is -2.41. The standard InChI is InChI=1S/C24H23F12N5/c1-13-10-16(4-2-14(13)12-37)40-8-6-19(25,26)21(29,30)23(33,34)24(35,36)22(31,32)20(27,28)7-9-41-18-5-3-15(38)11-17(18)39/h2-5,10-11,40-41H,6-9,38-39H2,1H3. The highest BCUT2D eigenvalue weighted by Crippen LogP contribution is 2.60. The molecule has 228 valence electrons. The van der Waals surface area contributed by atoms with Crippen LogP contribution in [-0.4, -0.2) is 48.6 Å². The van der Waals surface area contributed by atoms with Gasteiger partial charge in [-0.15, -0.1) is 0 Å². The Kier molecular flexibility index (Phi) is 9.22. The number of nitriles is 1. The number of rotatable bonds is 13. The van der Waals surface area contributed by atoms with Crippen LogP contribution < -0.4 is 22.1 Å². The van der Waals surface area contributed by atoms with Gasteiger partial charge in [-0.3, -0.25) is 0 Å². The zero-order valence-corrected chi connectivity index (χ0v) is 20.9. The molecule has 0 saturated carbocycles. The molecule has 6 N–H and O–H groups in total. The van der Waals surface area contributed by atoms with Crippen LogP contribution >= 0.6 is 0 Å². The smallest absolute Gasteiger partial charge is 0.384 e. The van der Waals surface area contributed by atoms with E-state index in [2.05, 4.69) is 5.32 Å². The quantitative estimate of drug-likeness (QED) is 0.143. The van der Waals surface area contributed by atoms with E-state index in [1.54, 1.807) is 6.07 Å². The fourth-order valence-corrected chi connectivity index (χ4v) is 3.53. The van der Waals surface area contributed by atoms with Gasteiger partial charge in [-0.25, -0.2) is 0 Å². The van der Waals surface area contributed by atoms with Crippen LogP contribution in [0.3, 0.4) is 0 Å². The molecule has 0 fully saturated rings. The average Bonchev–Trinajstić information content (AvgIpc) is 2.84. The lowest BCUT2D eigenvalue weighted by atomic mass is 9.89. The molecule has 0 atom stereocenters. The van der Waals surface area contributed by atoms with Gasteiger partial charge >= 0.3 is 35.5 Å². The highest BCUT2D eigenvalue weighted by atomic mass is 19.4. The molecule has 0 aliphatic rings. The van der Waals surface area contributed by atoms with Gasteiger partial charge in [-0.1, -0.05) is 0 Å². The molecule has 0 unspecified atom stereocenters. The van der Waals surface area contributed by atoms with Crippen LogP contribution in [0.25, 0.3) is 0 Å². The topological polar surface area (TPSA) is 99.9 Å². The van der Waals surface area contributed by atoms with E-state index in [0.717, 1.165) is 18.2 Å². The van der Waals surface area contributed by atoms with Crippen LogP contribution in [0.15, 0.2) is 36.4 Å². The maximum Gasteiger partial charge on any atom is 0.384 e. The van der Waals surface area contributed by atoms with Gasteiger partial charge in [0.15, 0.2) is 0 Å². The van der Waals surface area contributed by atoms with Gasteiger partial charge in [0, 0.05) is 37.3 Å². The molecular formula is C24H23F12N5. The Morgan fingerprint density at radius 3 is 1.61 bits per heavy atom. The third-order valence-electron chi connectivity index (χ3n) is 6.05. The highest BCUT2D eigenvalue weighted by molar-refractivity contribution is 5.70. The zero-order valence-electron chi connectivity index (χ0n) is 20.9. The number of halogens is 12. The van der Waals surface area contributed by atoms with Gasteiger partial charge in [0.1, 0.15) is 0 Å². The Balaban J connectivity index is 2.20. The normalized spacial score (nSPS) is 13.6. The molecule has 0 radical (unpaired) electrons. The maximum atomic E-state index is 14.2. The van der Waals surface area contributed by atoms with Gasteiger partial charge in [-0.05, 0) is 48.9 Å². The fraction of sp³-hybridized carbons (Fsp3) is 0.458. The van der Waals surface area contributed by atoms with Crippen LogP contribution in [-0.2, 0) is 0 Å². The number of hydrogen-bond acceptors (Lipinski definition) is 5. The van der Waals surface area contributed by atoms with Crippen molar-refractivity contribution in [2.75, 3.05) is 35.2 Å². The summed E-state index contributed by atoms with van der Waals surface area (Å²) < 4.78 is 170. The summed E-state index contributed by atoms with van der Waals surface area (Å²) in [6.07, 6.45) is -4.61. The number of benzene rings is 2. The SMILES string of the molecule is Cc1cc(NCCC(F)(F)C(F)(F)C(F)(F)C(F)(F)C(F)(F)C(F)(F)CCNc2ccc(N)cc2N)ccc1C#N. The minimum Gasteiger partial charge on any atom is -0.399 e. The van der Waals surface area contributed by atoms with Crippen molar-refractivity contribution in [2.24, 2.45) is 0 Å². The number of nitrogens with two attached hydrogens (primary N) is 2. The highest BCUT2D eigenvalue weighted by Gasteiger charge is 2.89. The summed E-state index contributed by atoms with van der Waals surface area (Å²) in [5.74, 6) is -41.9. The van der Waals surface area contributed by atoms with Gasteiger partial charge in [-0.2, -0.15) is 57.9 Å². The lowest BCUT2D eigenvalue weighted by molar-refractivity contribution is -0.425. The zero-order chi connectivity index (χ0) is 31.7. The average molecular weight is 609 g/mol. The Morgan fingerprint density at radius 2 is 1.17 bits per heavy atom. The summed E-state index contributed by atoms with van der Waals surface area (Å²) in [4.78, 5) is 0. The summed E-state index contributed by atoms with van der Waals surface area (Å²) in [6, 6.07) is 8.66. The van der Waals surface area contributed by atoms with Gasteiger partial charge in [0.25, 0.3) is 0 Å².